The molecule has 2 saturated heterocycles. The van der Waals surface area contributed by atoms with Gasteiger partial charge in [0.15, 0.2) is 17.7 Å². The zero-order valence-electron chi connectivity index (χ0n) is 13.0. The summed E-state index contributed by atoms with van der Waals surface area (Å²) in [6.45, 7) is 2.30. The Balaban J connectivity index is 1.74. The van der Waals surface area contributed by atoms with Crippen LogP contribution in [0, 0.1) is 0 Å². The van der Waals surface area contributed by atoms with Gasteiger partial charge in [-0.3, -0.25) is 9.47 Å². The molecule has 10 nitrogen and oxygen atoms in total. The smallest absolute Gasteiger partial charge is 0.167 e. The van der Waals surface area contributed by atoms with Crippen molar-refractivity contribution in [3.63, 3.8) is 0 Å². The molecule has 0 aliphatic carbocycles. The van der Waals surface area contributed by atoms with Crippen molar-refractivity contribution in [2.75, 3.05) is 38.6 Å². The minimum absolute atomic E-state index is 0.262. The normalized spacial score (nSPS) is 31.8. The Morgan fingerprint density at radius 3 is 2.79 bits per heavy atom. The number of aromatic nitrogens is 4. The van der Waals surface area contributed by atoms with Gasteiger partial charge in [-0.05, 0) is 0 Å². The first-order chi connectivity index (χ1) is 11.7. The van der Waals surface area contributed by atoms with E-state index in [0.29, 0.717) is 43.3 Å². The third-order valence-electron chi connectivity index (χ3n) is 4.65. The lowest BCUT2D eigenvalue weighted by atomic mass is 10.1. The summed E-state index contributed by atoms with van der Waals surface area (Å²) >= 11 is 0. The Hall–Kier alpha value is -1.85. The topological polar surface area (TPSA) is 132 Å². The molecule has 10 heteroatoms. The summed E-state index contributed by atoms with van der Waals surface area (Å²) < 4.78 is 13.1. The Labute approximate surface area is 137 Å². The summed E-state index contributed by atoms with van der Waals surface area (Å²) in [6, 6.07) is -0.334. The molecule has 4 heterocycles. The van der Waals surface area contributed by atoms with Crippen molar-refractivity contribution in [1.82, 2.24) is 24.4 Å². The van der Waals surface area contributed by atoms with E-state index in [9.17, 15) is 10.2 Å². The largest absolute Gasteiger partial charge is 0.394 e. The van der Waals surface area contributed by atoms with Crippen molar-refractivity contribution in [3.05, 3.63) is 12.7 Å². The minimum Gasteiger partial charge on any atom is -0.394 e. The molecular formula is C14H20N6O4. The molecule has 4 rings (SSSR count). The molecular weight excluding hydrogens is 316 g/mol. The number of nitrogens with two attached hydrogens (primary N) is 1. The summed E-state index contributed by atoms with van der Waals surface area (Å²) in [5.41, 5.74) is 6.87. The monoisotopic (exact) mass is 336 g/mol. The van der Waals surface area contributed by atoms with Crippen molar-refractivity contribution in [3.8, 4) is 0 Å². The first-order valence-corrected chi connectivity index (χ1v) is 7.90. The van der Waals surface area contributed by atoms with Crippen LogP contribution >= 0.6 is 0 Å². The second kappa shape index (κ2) is 6.22. The number of ether oxygens (including phenoxy) is 2. The van der Waals surface area contributed by atoms with E-state index in [0.717, 1.165) is 0 Å². The van der Waals surface area contributed by atoms with E-state index in [1.165, 1.54) is 6.33 Å². The maximum Gasteiger partial charge on any atom is 0.167 e. The van der Waals surface area contributed by atoms with Crippen molar-refractivity contribution in [2.45, 2.75) is 24.5 Å². The molecule has 4 N–H and O–H groups in total. The van der Waals surface area contributed by atoms with Crippen molar-refractivity contribution in [2.24, 2.45) is 0 Å². The number of rotatable bonds is 3. The molecule has 0 radical (unpaired) electrons. The summed E-state index contributed by atoms with van der Waals surface area (Å²) in [6.07, 6.45) is 0.929. The van der Waals surface area contributed by atoms with Gasteiger partial charge in [-0.2, -0.15) is 0 Å². The third kappa shape index (κ3) is 2.43. The number of imidazole rings is 1. The summed E-state index contributed by atoms with van der Waals surface area (Å²) in [7, 11) is 0. The van der Waals surface area contributed by atoms with Crippen LogP contribution < -0.4 is 5.73 Å². The van der Waals surface area contributed by atoms with Gasteiger partial charge in [0, 0.05) is 13.1 Å². The van der Waals surface area contributed by atoms with Crippen LogP contribution in [0.4, 0.5) is 5.82 Å². The number of nitrogens with zero attached hydrogens (tertiary/aromatic N) is 5. The van der Waals surface area contributed by atoms with Crippen LogP contribution in [0.5, 0.6) is 0 Å². The molecule has 0 aromatic carbocycles. The highest BCUT2D eigenvalue weighted by Crippen LogP contribution is 2.35. The quantitative estimate of drug-likeness (QED) is 0.603. The third-order valence-corrected chi connectivity index (χ3v) is 4.65. The lowest BCUT2D eigenvalue weighted by Gasteiger charge is -2.36. The molecule has 2 aliphatic heterocycles. The Morgan fingerprint density at radius 1 is 1.25 bits per heavy atom. The number of anilines is 1. The minimum atomic E-state index is -0.824. The number of morpholine rings is 1. The molecule has 2 aromatic rings. The number of hydrogen-bond donors (Lipinski definition) is 3. The first-order valence-electron chi connectivity index (χ1n) is 7.90. The van der Waals surface area contributed by atoms with Gasteiger partial charge in [0.1, 0.15) is 24.1 Å². The van der Waals surface area contributed by atoms with Crippen LogP contribution in [-0.4, -0.2) is 85.8 Å². The van der Waals surface area contributed by atoms with Crippen LogP contribution in [0.25, 0.3) is 11.2 Å². The van der Waals surface area contributed by atoms with Crippen molar-refractivity contribution >= 4 is 17.0 Å². The average Bonchev–Trinajstić information content (AvgIpc) is 3.17. The second-order valence-corrected chi connectivity index (χ2v) is 5.96. The first kappa shape index (κ1) is 15.7. The van der Waals surface area contributed by atoms with Crippen LogP contribution in [0.2, 0.25) is 0 Å². The Kier molecular flexibility index (Phi) is 4.06. The van der Waals surface area contributed by atoms with Gasteiger partial charge >= 0.3 is 0 Å². The van der Waals surface area contributed by atoms with E-state index >= 15 is 0 Å². The lowest BCUT2D eigenvalue weighted by molar-refractivity contribution is -0.0546. The Morgan fingerprint density at radius 2 is 2.04 bits per heavy atom. The summed E-state index contributed by atoms with van der Waals surface area (Å²) in [4.78, 5) is 14.6. The molecule has 0 saturated carbocycles. The van der Waals surface area contributed by atoms with Crippen LogP contribution in [0.15, 0.2) is 12.7 Å². The van der Waals surface area contributed by atoms with Crippen LogP contribution in [0.1, 0.15) is 6.23 Å². The van der Waals surface area contributed by atoms with Crippen LogP contribution in [-0.2, 0) is 9.47 Å². The van der Waals surface area contributed by atoms with Gasteiger partial charge in [0.25, 0.3) is 0 Å². The standard InChI is InChI=1S/C14H20N6O4/c15-12-9-13(17-6-16-12)20(7-18-9)14-10(11(22)8(5-21)24-14)19-1-3-23-4-2-19/h6-8,10-11,14,21-22H,1-5H2,(H2,15,16,17)/t8-,10-,11+,14-/m1/s1. The summed E-state index contributed by atoms with van der Waals surface area (Å²) in [5, 5.41) is 20.2. The Bertz CT molecular complexity index is 718. The SMILES string of the molecule is Nc1ncnc2c1ncn2[C@@H]1O[C@H](CO)[C@H](O)[C@H]1N1CCOCC1. The lowest BCUT2D eigenvalue weighted by Crippen LogP contribution is -2.51. The average molecular weight is 336 g/mol. The molecule has 2 fully saturated rings. The van der Waals surface area contributed by atoms with Crippen molar-refractivity contribution < 1.29 is 19.7 Å². The highest BCUT2D eigenvalue weighted by molar-refractivity contribution is 5.81. The van der Waals surface area contributed by atoms with Gasteiger partial charge in [0.2, 0.25) is 0 Å². The number of fused-ring (bicyclic) bond motifs is 1. The molecule has 130 valence electrons. The number of aliphatic hydroxyl groups is 2. The highest BCUT2D eigenvalue weighted by Gasteiger charge is 2.48. The molecule has 0 spiro atoms. The van der Waals surface area contributed by atoms with Crippen LogP contribution in [0.3, 0.4) is 0 Å². The molecule has 24 heavy (non-hydrogen) atoms. The molecule has 2 aromatic heterocycles. The van der Waals surface area contributed by atoms with E-state index in [1.54, 1.807) is 10.9 Å². The predicted octanol–water partition coefficient (Wildman–Crippen LogP) is -1.64. The van der Waals surface area contributed by atoms with Gasteiger partial charge in [-0.1, -0.05) is 0 Å². The molecule has 2 aliphatic rings. The molecule has 0 unspecified atom stereocenters. The maximum absolute atomic E-state index is 10.6. The van der Waals surface area contributed by atoms with Gasteiger partial charge in [0.05, 0.1) is 32.2 Å². The molecule has 0 amide bonds. The summed E-state index contributed by atoms with van der Waals surface area (Å²) in [5.74, 6) is 0.291. The number of nitrogen functional groups attached to an aromatic ring is 1. The van der Waals surface area contributed by atoms with Gasteiger partial charge < -0.3 is 25.4 Å². The van der Waals surface area contributed by atoms with E-state index in [-0.39, 0.29) is 12.6 Å². The predicted molar refractivity (Wildman–Crippen MR) is 82.9 cm³/mol. The maximum atomic E-state index is 10.6. The highest BCUT2D eigenvalue weighted by atomic mass is 16.5. The zero-order chi connectivity index (χ0) is 16.7. The van der Waals surface area contributed by atoms with E-state index in [1.807, 2.05) is 0 Å². The number of aliphatic hydroxyl groups excluding tert-OH is 2. The van der Waals surface area contributed by atoms with E-state index in [2.05, 4.69) is 19.9 Å². The second-order valence-electron chi connectivity index (χ2n) is 5.96. The fourth-order valence-corrected chi connectivity index (χ4v) is 3.44. The number of hydrogen-bond acceptors (Lipinski definition) is 9. The zero-order valence-corrected chi connectivity index (χ0v) is 13.0. The van der Waals surface area contributed by atoms with Crippen molar-refractivity contribution in [1.29, 1.82) is 0 Å². The molecule has 0 bridgehead atoms. The van der Waals surface area contributed by atoms with Gasteiger partial charge in [-0.25, -0.2) is 15.0 Å². The molecule has 4 atom stereocenters. The van der Waals surface area contributed by atoms with E-state index in [4.69, 9.17) is 15.2 Å². The fourth-order valence-electron chi connectivity index (χ4n) is 3.44. The van der Waals surface area contributed by atoms with Gasteiger partial charge in [-0.15, -0.1) is 0 Å². The fraction of sp³-hybridized carbons (Fsp3) is 0.643. The van der Waals surface area contributed by atoms with E-state index < -0.39 is 18.4 Å².